The van der Waals surface area contributed by atoms with Crippen LogP contribution < -0.4 is 14.8 Å². The van der Waals surface area contributed by atoms with Gasteiger partial charge in [0.2, 0.25) is 12.7 Å². The molecule has 1 aromatic carbocycles. The highest BCUT2D eigenvalue weighted by atomic mass is 32.2. The van der Waals surface area contributed by atoms with Crippen molar-refractivity contribution in [3.63, 3.8) is 0 Å². The minimum atomic E-state index is -0.191. The van der Waals surface area contributed by atoms with E-state index in [0.717, 1.165) is 19.3 Å². The molecule has 8 nitrogen and oxygen atoms in total. The van der Waals surface area contributed by atoms with Crippen molar-refractivity contribution in [3.05, 3.63) is 42.1 Å². The number of aromatic nitrogens is 1. The monoisotopic (exact) mass is 457 g/mol. The number of hydrogen-bond donors (Lipinski definition) is 1. The summed E-state index contributed by atoms with van der Waals surface area (Å²) in [5.41, 5.74) is 1.15. The maximum atomic E-state index is 13.2. The molecule has 1 fully saturated rings. The first kappa shape index (κ1) is 22.4. The second-order valence-electron chi connectivity index (χ2n) is 7.65. The fraction of sp³-hybridized carbons (Fsp3) is 0.435. The van der Waals surface area contributed by atoms with Crippen molar-refractivity contribution in [2.45, 2.75) is 37.3 Å². The van der Waals surface area contributed by atoms with E-state index in [1.54, 1.807) is 36.5 Å². The van der Waals surface area contributed by atoms with E-state index in [9.17, 15) is 9.59 Å². The molecule has 4 rings (SSSR count). The number of piperidine rings is 1. The van der Waals surface area contributed by atoms with Crippen molar-refractivity contribution in [1.29, 1.82) is 0 Å². The zero-order chi connectivity index (χ0) is 22.3. The van der Waals surface area contributed by atoms with Gasteiger partial charge in [-0.15, -0.1) is 0 Å². The van der Waals surface area contributed by atoms with E-state index in [0.29, 0.717) is 47.5 Å². The molecule has 2 aliphatic heterocycles. The van der Waals surface area contributed by atoms with Crippen molar-refractivity contribution >= 4 is 29.3 Å². The van der Waals surface area contributed by atoms with Gasteiger partial charge >= 0.3 is 0 Å². The Labute approximate surface area is 191 Å². The number of carbonyl (C=O) groups is 2. The summed E-state index contributed by atoms with van der Waals surface area (Å²) in [5, 5.41) is 3.40. The molecule has 0 aliphatic carbocycles. The number of rotatable bonds is 8. The number of pyridine rings is 1. The lowest BCUT2D eigenvalue weighted by Gasteiger charge is -2.33. The van der Waals surface area contributed by atoms with Crippen molar-refractivity contribution in [2.24, 2.45) is 0 Å². The number of nitrogens with zero attached hydrogens (tertiary/aromatic N) is 2. The third-order valence-corrected chi connectivity index (χ3v) is 6.23. The minimum absolute atomic E-state index is 0.0680. The van der Waals surface area contributed by atoms with Crippen LogP contribution in [0.4, 0.5) is 5.69 Å². The summed E-state index contributed by atoms with van der Waals surface area (Å²) in [6.45, 7) is 4.26. The fourth-order valence-electron chi connectivity index (χ4n) is 3.69. The minimum Gasteiger partial charge on any atom is -0.454 e. The van der Waals surface area contributed by atoms with Gasteiger partial charge in [-0.25, -0.2) is 4.98 Å². The molecule has 3 heterocycles. The number of amides is 2. The fourth-order valence-corrected chi connectivity index (χ4v) is 4.47. The molecular weight excluding hydrogens is 430 g/mol. The number of thioether (sulfide) groups is 1. The molecule has 2 amide bonds. The lowest BCUT2D eigenvalue weighted by Crippen LogP contribution is -2.43. The van der Waals surface area contributed by atoms with Gasteiger partial charge in [0, 0.05) is 37.6 Å². The van der Waals surface area contributed by atoms with Crippen molar-refractivity contribution < 1.29 is 23.8 Å². The highest BCUT2D eigenvalue weighted by Gasteiger charge is 2.27. The number of likely N-dealkylation sites (tertiary alicyclic amines) is 1. The van der Waals surface area contributed by atoms with Gasteiger partial charge in [0.15, 0.2) is 11.5 Å². The summed E-state index contributed by atoms with van der Waals surface area (Å²) in [7, 11) is 0. The molecule has 0 saturated carbocycles. The maximum Gasteiger partial charge on any atom is 0.256 e. The molecule has 0 radical (unpaired) electrons. The van der Waals surface area contributed by atoms with Crippen LogP contribution in [-0.4, -0.2) is 60.0 Å². The van der Waals surface area contributed by atoms with Gasteiger partial charge in [0.25, 0.3) is 5.91 Å². The summed E-state index contributed by atoms with van der Waals surface area (Å²) in [5.74, 6) is 1.14. The smallest absolute Gasteiger partial charge is 0.256 e. The first-order valence-corrected chi connectivity index (χ1v) is 11.8. The van der Waals surface area contributed by atoms with E-state index in [-0.39, 0.29) is 30.5 Å². The van der Waals surface area contributed by atoms with Gasteiger partial charge in [0.05, 0.1) is 17.4 Å². The molecule has 1 atom stereocenters. The Morgan fingerprint density at radius 2 is 2.16 bits per heavy atom. The molecule has 0 spiro atoms. The van der Waals surface area contributed by atoms with E-state index in [4.69, 9.17) is 14.2 Å². The van der Waals surface area contributed by atoms with Crippen LogP contribution in [0.1, 0.15) is 36.5 Å². The Kier molecular flexibility index (Phi) is 7.49. The molecule has 1 aromatic heterocycles. The van der Waals surface area contributed by atoms with Gasteiger partial charge in [-0.2, -0.15) is 0 Å². The maximum absolute atomic E-state index is 13.2. The van der Waals surface area contributed by atoms with E-state index >= 15 is 0 Å². The Bertz CT molecular complexity index is 970. The molecule has 2 aliphatic rings. The number of nitrogens with one attached hydrogen (secondary N) is 1. The number of benzene rings is 1. The van der Waals surface area contributed by atoms with Gasteiger partial charge < -0.3 is 24.4 Å². The molecule has 1 unspecified atom stereocenters. The average Bonchev–Trinajstić information content (AvgIpc) is 3.29. The zero-order valence-corrected chi connectivity index (χ0v) is 18.9. The summed E-state index contributed by atoms with van der Waals surface area (Å²) in [6, 6.07) is 8.77. The Morgan fingerprint density at radius 1 is 1.28 bits per heavy atom. The Balaban J connectivity index is 1.35. The van der Waals surface area contributed by atoms with Crippen molar-refractivity contribution in [3.8, 4) is 11.5 Å². The SMILES string of the molecule is CCCOC1CCCN(C(=O)c2cccnc2SCC(=O)Nc2ccc3c(c2)OCO3)C1. The highest BCUT2D eigenvalue weighted by molar-refractivity contribution is 8.00. The molecule has 9 heteroatoms. The first-order valence-electron chi connectivity index (χ1n) is 10.8. The van der Waals surface area contributed by atoms with Crippen molar-refractivity contribution in [1.82, 2.24) is 9.88 Å². The zero-order valence-electron chi connectivity index (χ0n) is 18.0. The van der Waals surface area contributed by atoms with Crippen LogP contribution in [0.5, 0.6) is 11.5 Å². The van der Waals surface area contributed by atoms with Gasteiger partial charge in [-0.1, -0.05) is 18.7 Å². The topological polar surface area (TPSA) is 90.0 Å². The second kappa shape index (κ2) is 10.7. The quantitative estimate of drug-likeness (QED) is 0.606. The van der Waals surface area contributed by atoms with Crippen LogP contribution in [0.2, 0.25) is 0 Å². The third-order valence-electron chi connectivity index (χ3n) is 5.22. The standard InChI is InChI=1S/C23H27N3O5S/c1-2-11-29-17-5-4-10-26(13-17)23(28)18-6-3-9-24-22(18)32-14-21(27)25-16-7-8-19-20(12-16)31-15-30-19/h3,6-9,12,17H,2,4-5,10-11,13-15H2,1H3,(H,25,27). The van der Waals surface area contributed by atoms with Gasteiger partial charge in [0.1, 0.15) is 5.03 Å². The molecule has 1 saturated heterocycles. The lowest BCUT2D eigenvalue weighted by atomic mass is 10.1. The number of carbonyl (C=O) groups excluding carboxylic acids is 2. The van der Waals surface area contributed by atoms with Gasteiger partial charge in [-0.3, -0.25) is 9.59 Å². The van der Waals surface area contributed by atoms with E-state index in [1.807, 2.05) is 4.90 Å². The van der Waals surface area contributed by atoms with E-state index < -0.39 is 0 Å². The predicted octanol–water partition coefficient (Wildman–Crippen LogP) is 3.57. The Hall–Kier alpha value is -2.78. The van der Waals surface area contributed by atoms with Crippen LogP contribution in [0.25, 0.3) is 0 Å². The number of fused-ring (bicyclic) bond motifs is 1. The molecular formula is C23H27N3O5S. The average molecular weight is 458 g/mol. The summed E-state index contributed by atoms with van der Waals surface area (Å²) in [6.07, 6.45) is 4.56. The molecule has 2 aromatic rings. The van der Waals surface area contributed by atoms with Crippen LogP contribution in [0, 0.1) is 0 Å². The van der Waals surface area contributed by atoms with E-state index in [1.165, 1.54) is 11.8 Å². The van der Waals surface area contributed by atoms with E-state index in [2.05, 4.69) is 17.2 Å². The predicted molar refractivity (Wildman–Crippen MR) is 121 cm³/mol. The normalized spacial score (nSPS) is 17.3. The Morgan fingerprint density at radius 3 is 3.03 bits per heavy atom. The molecule has 0 bridgehead atoms. The largest absolute Gasteiger partial charge is 0.454 e. The number of hydrogen-bond acceptors (Lipinski definition) is 7. The number of anilines is 1. The highest BCUT2D eigenvalue weighted by Crippen LogP contribution is 2.34. The molecule has 32 heavy (non-hydrogen) atoms. The molecule has 170 valence electrons. The van der Waals surface area contributed by atoms with Crippen LogP contribution >= 0.6 is 11.8 Å². The lowest BCUT2D eigenvalue weighted by molar-refractivity contribution is -0.113. The van der Waals surface area contributed by atoms with Crippen LogP contribution in [0.15, 0.2) is 41.6 Å². The summed E-state index contributed by atoms with van der Waals surface area (Å²) < 4.78 is 16.5. The summed E-state index contributed by atoms with van der Waals surface area (Å²) in [4.78, 5) is 31.8. The van der Waals surface area contributed by atoms with Crippen molar-refractivity contribution in [2.75, 3.05) is 37.6 Å². The first-order chi connectivity index (χ1) is 15.6. The van der Waals surface area contributed by atoms with Crippen LogP contribution in [-0.2, 0) is 9.53 Å². The third kappa shape index (κ3) is 5.52. The summed E-state index contributed by atoms with van der Waals surface area (Å²) >= 11 is 1.25. The second-order valence-corrected chi connectivity index (χ2v) is 8.61. The molecule has 1 N–H and O–H groups in total. The van der Waals surface area contributed by atoms with Crippen LogP contribution in [0.3, 0.4) is 0 Å². The number of ether oxygens (including phenoxy) is 3. The van der Waals surface area contributed by atoms with Gasteiger partial charge in [-0.05, 0) is 43.5 Å².